The molecule has 0 aliphatic rings. The Kier molecular flexibility index (Phi) is 13.7. The van der Waals surface area contributed by atoms with Crippen molar-refractivity contribution in [2.45, 2.75) is 98.9 Å². The van der Waals surface area contributed by atoms with E-state index in [1.807, 2.05) is 34.6 Å². The molecular formula is C27H47N5O6S. The fraction of sp³-hybridized carbons (Fsp3) is 0.741. The lowest BCUT2D eigenvalue weighted by atomic mass is 9.92. The maximum Gasteiger partial charge on any atom is 0.408 e. The molecule has 0 spiro atoms. The molecule has 4 amide bonds. The molecule has 0 saturated heterocycles. The molecule has 1 rings (SSSR count). The summed E-state index contributed by atoms with van der Waals surface area (Å²) >= 11 is 1.24. The maximum atomic E-state index is 13.8. The van der Waals surface area contributed by atoms with Crippen molar-refractivity contribution in [1.82, 2.24) is 25.8 Å². The Balaban J connectivity index is 3.28. The fourth-order valence-electron chi connectivity index (χ4n) is 3.96. The molecule has 1 aromatic rings. The number of nitrogens with zero attached hydrogens (tertiary/aromatic N) is 2. The van der Waals surface area contributed by atoms with Gasteiger partial charge in [0.1, 0.15) is 16.7 Å². The summed E-state index contributed by atoms with van der Waals surface area (Å²) < 4.78 is 10.5. The fourth-order valence-corrected chi connectivity index (χ4v) is 4.81. The van der Waals surface area contributed by atoms with E-state index in [-0.39, 0.29) is 42.1 Å². The zero-order valence-electron chi connectivity index (χ0n) is 25.0. The number of thiazole rings is 1. The number of hydrogen-bond donors (Lipinski definition) is 3. The molecule has 3 N–H and O–H groups in total. The van der Waals surface area contributed by atoms with E-state index in [1.54, 1.807) is 45.0 Å². The van der Waals surface area contributed by atoms with Gasteiger partial charge >= 0.3 is 18.1 Å². The number of carbonyl (C=O) groups is 4. The van der Waals surface area contributed by atoms with E-state index in [0.29, 0.717) is 24.4 Å². The number of nitrogens with one attached hydrogen (secondary N) is 3. The summed E-state index contributed by atoms with van der Waals surface area (Å²) in [6.07, 6.45) is 0.358. The number of aromatic nitrogens is 1. The van der Waals surface area contributed by atoms with Crippen LogP contribution in [0.1, 0.15) is 96.7 Å². The molecule has 4 atom stereocenters. The van der Waals surface area contributed by atoms with Gasteiger partial charge in [0.05, 0.1) is 12.6 Å². The zero-order chi connectivity index (χ0) is 29.9. The molecule has 1 aromatic heterocycles. The monoisotopic (exact) mass is 569 g/mol. The zero-order valence-corrected chi connectivity index (χ0v) is 25.9. The summed E-state index contributed by atoms with van der Waals surface area (Å²) in [5.41, 5.74) is -0.531. The Bertz CT molecular complexity index is 961. The van der Waals surface area contributed by atoms with E-state index in [1.165, 1.54) is 11.3 Å². The summed E-state index contributed by atoms with van der Waals surface area (Å²) in [5.74, 6) is -0.928. The highest BCUT2D eigenvalue weighted by Crippen LogP contribution is 2.28. The summed E-state index contributed by atoms with van der Waals surface area (Å²) in [5, 5.41) is 10.6. The van der Waals surface area contributed by atoms with Gasteiger partial charge in [0.2, 0.25) is 5.91 Å². The largest absolute Gasteiger partial charge is 0.461 e. The van der Waals surface area contributed by atoms with Crippen LogP contribution in [-0.2, 0) is 14.3 Å². The van der Waals surface area contributed by atoms with Crippen LogP contribution in [0.3, 0.4) is 0 Å². The molecule has 11 nitrogen and oxygen atoms in total. The Morgan fingerprint density at radius 2 is 1.72 bits per heavy atom. The third kappa shape index (κ3) is 11.0. The number of amides is 4. The van der Waals surface area contributed by atoms with Crippen molar-refractivity contribution >= 4 is 35.3 Å². The minimum Gasteiger partial charge on any atom is -0.461 e. The Labute approximate surface area is 236 Å². The first-order chi connectivity index (χ1) is 18.1. The molecule has 0 aliphatic carbocycles. The molecule has 0 radical (unpaired) electrons. The van der Waals surface area contributed by atoms with Gasteiger partial charge in [-0.1, -0.05) is 34.1 Å². The molecule has 1 heterocycles. The summed E-state index contributed by atoms with van der Waals surface area (Å²) in [6, 6.07) is -2.07. The van der Waals surface area contributed by atoms with E-state index in [0.717, 1.165) is 0 Å². The molecule has 39 heavy (non-hydrogen) atoms. The first-order valence-corrected chi connectivity index (χ1v) is 14.5. The van der Waals surface area contributed by atoms with Gasteiger partial charge in [0.15, 0.2) is 5.69 Å². The molecular weight excluding hydrogens is 522 g/mol. The second-order valence-electron chi connectivity index (χ2n) is 10.9. The lowest BCUT2D eigenvalue weighted by Gasteiger charge is -2.37. The van der Waals surface area contributed by atoms with Gasteiger partial charge in [-0.15, -0.1) is 11.3 Å². The first kappa shape index (κ1) is 34.1. The van der Waals surface area contributed by atoms with Crippen LogP contribution in [0.5, 0.6) is 0 Å². The second kappa shape index (κ2) is 15.6. The van der Waals surface area contributed by atoms with Crippen molar-refractivity contribution in [3.8, 4) is 0 Å². The average molecular weight is 570 g/mol. The van der Waals surface area contributed by atoms with E-state index >= 15 is 0 Å². The number of alkyl carbamates (subject to hydrolysis) is 1. The van der Waals surface area contributed by atoms with Gasteiger partial charge in [0, 0.05) is 25.0 Å². The number of urea groups is 1. The van der Waals surface area contributed by atoms with Crippen molar-refractivity contribution < 1.29 is 28.7 Å². The summed E-state index contributed by atoms with van der Waals surface area (Å²) in [6.45, 7) is 17.3. The first-order valence-electron chi connectivity index (χ1n) is 13.6. The molecule has 0 bridgehead atoms. The van der Waals surface area contributed by atoms with Gasteiger partial charge in [-0.25, -0.2) is 19.4 Å². The highest BCUT2D eigenvalue weighted by Gasteiger charge is 2.36. The quantitative estimate of drug-likeness (QED) is 0.297. The molecule has 0 saturated carbocycles. The van der Waals surface area contributed by atoms with E-state index in [2.05, 4.69) is 20.9 Å². The topological polar surface area (TPSA) is 139 Å². The van der Waals surface area contributed by atoms with Crippen LogP contribution in [0.2, 0.25) is 0 Å². The summed E-state index contributed by atoms with van der Waals surface area (Å²) in [7, 11) is 1.70. The van der Waals surface area contributed by atoms with Crippen LogP contribution in [0.25, 0.3) is 0 Å². The van der Waals surface area contributed by atoms with E-state index < -0.39 is 29.7 Å². The van der Waals surface area contributed by atoms with Crippen LogP contribution in [0.4, 0.5) is 9.59 Å². The smallest absolute Gasteiger partial charge is 0.408 e. The number of ether oxygens (including phenoxy) is 2. The number of likely N-dealkylation sites (N-methyl/N-ethyl adjacent to an activating group) is 1. The van der Waals surface area contributed by atoms with Crippen molar-refractivity contribution in [3.63, 3.8) is 0 Å². The predicted octanol–water partition coefficient (Wildman–Crippen LogP) is 4.49. The highest BCUT2D eigenvalue weighted by molar-refractivity contribution is 7.09. The third-order valence-corrected chi connectivity index (χ3v) is 7.15. The molecule has 0 aliphatic heterocycles. The Morgan fingerprint density at radius 1 is 1.08 bits per heavy atom. The van der Waals surface area contributed by atoms with Gasteiger partial charge in [-0.3, -0.25) is 4.79 Å². The molecule has 1 unspecified atom stereocenters. The SMILES string of the molecule is CCNC(=O)N[C@H](C[C@H](C(C)C)N(C)C(=O)[C@@H](NC(=O)OC(C)(C)C)C(C)CC)c1nc(C(=O)OCC)cs1. The normalized spacial score (nSPS) is 14.5. The Hall–Kier alpha value is -2.89. The third-order valence-electron chi connectivity index (χ3n) is 6.19. The minimum atomic E-state index is -0.791. The van der Waals surface area contributed by atoms with Crippen LogP contribution in [0, 0.1) is 11.8 Å². The molecule has 12 heteroatoms. The van der Waals surface area contributed by atoms with Crippen LogP contribution in [0.15, 0.2) is 5.38 Å². The minimum absolute atomic E-state index is 0.00100. The number of carbonyl (C=O) groups excluding carboxylic acids is 4. The van der Waals surface area contributed by atoms with Gasteiger partial charge in [-0.05, 0) is 52.9 Å². The predicted molar refractivity (Wildman–Crippen MR) is 152 cm³/mol. The van der Waals surface area contributed by atoms with Gasteiger partial charge < -0.3 is 30.3 Å². The Morgan fingerprint density at radius 3 is 2.23 bits per heavy atom. The van der Waals surface area contributed by atoms with Gasteiger partial charge in [-0.2, -0.15) is 0 Å². The van der Waals surface area contributed by atoms with Crippen molar-refractivity contribution in [2.24, 2.45) is 11.8 Å². The molecule has 0 fully saturated rings. The number of hydrogen-bond acceptors (Lipinski definition) is 8. The average Bonchev–Trinajstić information content (AvgIpc) is 3.33. The highest BCUT2D eigenvalue weighted by atomic mass is 32.1. The van der Waals surface area contributed by atoms with Crippen LogP contribution in [-0.4, -0.2) is 71.8 Å². The lowest BCUT2D eigenvalue weighted by molar-refractivity contribution is -0.136. The number of esters is 1. The number of rotatable bonds is 13. The second-order valence-corrected chi connectivity index (χ2v) is 11.7. The van der Waals surface area contributed by atoms with Crippen LogP contribution >= 0.6 is 11.3 Å². The van der Waals surface area contributed by atoms with Crippen LogP contribution < -0.4 is 16.0 Å². The van der Waals surface area contributed by atoms with Crippen molar-refractivity contribution in [1.29, 1.82) is 0 Å². The molecule has 0 aromatic carbocycles. The molecule has 222 valence electrons. The van der Waals surface area contributed by atoms with E-state index in [4.69, 9.17) is 9.47 Å². The maximum absolute atomic E-state index is 13.8. The van der Waals surface area contributed by atoms with E-state index in [9.17, 15) is 19.2 Å². The van der Waals surface area contributed by atoms with Crippen molar-refractivity contribution in [2.75, 3.05) is 20.2 Å². The van der Waals surface area contributed by atoms with Gasteiger partial charge in [0.25, 0.3) is 0 Å². The summed E-state index contributed by atoms with van der Waals surface area (Å²) in [4.78, 5) is 57.1. The van der Waals surface area contributed by atoms with Crippen molar-refractivity contribution in [3.05, 3.63) is 16.1 Å². The standard InChI is InChI=1S/C27H47N5O6S/c1-11-17(6)21(31-26(36)38-27(7,8)9)23(33)32(10)20(16(4)5)14-18(30-25(35)28-12-2)22-29-19(15-39-22)24(34)37-13-3/h15-18,20-21H,11-14H2,1-10H3,(H,31,36)(H2,28,30,35)/t17?,18-,20-,21+/m1/s1. The lowest BCUT2D eigenvalue weighted by Crippen LogP contribution is -2.55.